The summed E-state index contributed by atoms with van der Waals surface area (Å²) in [6.07, 6.45) is -9.21. The monoisotopic (exact) mass is 633 g/mol. The van der Waals surface area contributed by atoms with E-state index in [1.54, 1.807) is 24.3 Å². The number of rotatable bonds is 8. The molecular formula is C32H34F3NO9. The number of nitrogens with one attached hydrogen (secondary N) is 1. The standard InChI is InChI=1S/C32H34F3NO9/c33-32(34,35)22-11-15(5-8-19(22)16-3-1-2-4-16)14-43-18-7-10-23-21(13-18)20-9-6-17(25(20)36-23)12-24(37)44-31-28(40)26(38)27(39)29(45-31)30(41)42/h5,7-8,10-11,13,16-17,26-29,31,36,38-40H,1-4,6,9,12,14H2,(H,41,42). The first kappa shape index (κ1) is 31.3. The zero-order valence-corrected chi connectivity index (χ0v) is 24.1. The lowest BCUT2D eigenvalue weighted by molar-refractivity contribution is -0.286. The van der Waals surface area contributed by atoms with Crippen LogP contribution < -0.4 is 4.74 Å². The normalized spacial score (nSPS) is 27.1. The Bertz CT molecular complexity index is 1580. The third-order valence-electron chi connectivity index (χ3n) is 9.16. The third-order valence-corrected chi connectivity index (χ3v) is 9.16. The summed E-state index contributed by atoms with van der Waals surface area (Å²) in [5, 5.41) is 40.0. The molecular weight excluding hydrogens is 599 g/mol. The molecule has 13 heteroatoms. The SMILES string of the molecule is O=C(CC1CCc2c1[nH]c1ccc(OCc3ccc(C4CCCC4)c(C(F)(F)F)c3)cc21)OC1OC(C(=O)O)C(O)C(O)C1O. The number of ether oxygens (including phenoxy) is 3. The van der Waals surface area contributed by atoms with Crippen molar-refractivity contribution in [2.45, 2.75) is 100 Å². The van der Waals surface area contributed by atoms with Gasteiger partial charge in [-0.25, -0.2) is 4.79 Å². The van der Waals surface area contributed by atoms with Crippen LogP contribution in [0.5, 0.6) is 5.75 Å². The molecule has 0 radical (unpaired) electrons. The predicted molar refractivity (Wildman–Crippen MR) is 151 cm³/mol. The van der Waals surface area contributed by atoms with E-state index in [1.165, 1.54) is 6.07 Å². The highest BCUT2D eigenvalue weighted by Crippen LogP contribution is 2.43. The molecule has 5 N–H and O–H groups in total. The van der Waals surface area contributed by atoms with Gasteiger partial charge < -0.3 is 39.6 Å². The Morgan fingerprint density at radius 3 is 2.44 bits per heavy atom. The van der Waals surface area contributed by atoms with Crippen molar-refractivity contribution in [3.05, 3.63) is 64.3 Å². The Morgan fingerprint density at radius 2 is 1.73 bits per heavy atom. The van der Waals surface area contributed by atoms with Crippen molar-refractivity contribution in [1.29, 1.82) is 0 Å². The van der Waals surface area contributed by atoms with E-state index in [0.717, 1.165) is 47.8 Å². The van der Waals surface area contributed by atoms with E-state index in [0.29, 0.717) is 29.7 Å². The minimum atomic E-state index is -4.45. The quantitative estimate of drug-likeness (QED) is 0.228. The van der Waals surface area contributed by atoms with Crippen molar-refractivity contribution in [1.82, 2.24) is 4.98 Å². The second kappa shape index (κ2) is 12.3. The van der Waals surface area contributed by atoms with Crippen LogP contribution in [-0.2, 0) is 38.3 Å². The Balaban J connectivity index is 1.12. The van der Waals surface area contributed by atoms with Crippen LogP contribution in [0.3, 0.4) is 0 Å². The second-order valence-corrected chi connectivity index (χ2v) is 12.1. The number of hydrogen-bond donors (Lipinski definition) is 5. The number of aromatic amines is 1. The third kappa shape index (κ3) is 6.26. The zero-order chi connectivity index (χ0) is 32.0. The molecule has 242 valence electrons. The number of hydrogen-bond acceptors (Lipinski definition) is 8. The molecule has 0 amide bonds. The van der Waals surface area contributed by atoms with Gasteiger partial charge in [-0.15, -0.1) is 0 Å². The molecule has 6 unspecified atom stereocenters. The lowest BCUT2D eigenvalue weighted by atomic mass is 9.91. The lowest BCUT2D eigenvalue weighted by Crippen LogP contribution is -2.60. The Morgan fingerprint density at radius 1 is 0.978 bits per heavy atom. The predicted octanol–water partition coefficient (Wildman–Crippen LogP) is 4.28. The first-order valence-electron chi connectivity index (χ1n) is 15.0. The maximum Gasteiger partial charge on any atom is 0.416 e. The summed E-state index contributed by atoms with van der Waals surface area (Å²) in [4.78, 5) is 27.4. The Labute approximate surface area is 255 Å². The first-order valence-corrected chi connectivity index (χ1v) is 15.0. The summed E-state index contributed by atoms with van der Waals surface area (Å²) in [7, 11) is 0. The van der Waals surface area contributed by atoms with Crippen LogP contribution in [0.15, 0.2) is 36.4 Å². The van der Waals surface area contributed by atoms with E-state index in [9.17, 15) is 43.2 Å². The van der Waals surface area contributed by atoms with Crippen LogP contribution in [-0.4, -0.2) is 68.1 Å². The second-order valence-electron chi connectivity index (χ2n) is 12.1. The molecule has 45 heavy (non-hydrogen) atoms. The summed E-state index contributed by atoms with van der Waals surface area (Å²) in [6.45, 7) is -0.0375. The molecule has 0 spiro atoms. The fourth-order valence-corrected chi connectivity index (χ4v) is 6.85. The average molecular weight is 634 g/mol. The van der Waals surface area contributed by atoms with Crippen molar-refractivity contribution >= 4 is 22.8 Å². The minimum Gasteiger partial charge on any atom is -0.489 e. The molecule has 2 aliphatic carbocycles. The van der Waals surface area contributed by atoms with E-state index in [1.807, 2.05) is 6.07 Å². The van der Waals surface area contributed by atoms with Crippen molar-refractivity contribution in [3.8, 4) is 5.75 Å². The molecule has 3 aromatic rings. The van der Waals surface area contributed by atoms with Gasteiger partial charge in [0.15, 0.2) is 6.10 Å². The molecule has 2 fully saturated rings. The van der Waals surface area contributed by atoms with Crippen LogP contribution in [0, 0.1) is 0 Å². The van der Waals surface area contributed by atoms with Gasteiger partial charge in [0.2, 0.25) is 6.29 Å². The van der Waals surface area contributed by atoms with Crippen molar-refractivity contribution in [2.75, 3.05) is 0 Å². The van der Waals surface area contributed by atoms with Gasteiger partial charge in [-0.05, 0) is 72.6 Å². The van der Waals surface area contributed by atoms with Crippen LogP contribution in [0.25, 0.3) is 10.9 Å². The molecule has 1 saturated carbocycles. The summed E-state index contributed by atoms with van der Waals surface area (Å²) in [6, 6.07) is 9.80. The van der Waals surface area contributed by atoms with Crippen molar-refractivity contribution < 1.29 is 57.4 Å². The number of aliphatic hydroxyl groups is 3. The molecule has 0 bridgehead atoms. The Kier molecular flexibility index (Phi) is 8.55. The lowest BCUT2D eigenvalue weighted by Gasteiger charge is -2.38. The number of carbonyl (C=O) groups excluding carboxylic acids is 1. The Hall–Kier alpha value is -3.65. The summed E-state index contributed by atoms with van der Waals surface area (Å²) < 4.78 is 57.8. The first-order chi connectivity index (χ1) is 21.4. The van der Waals surface area contributed by atoms with Gasteiger partial charge in [0.25, 0.3) is 0 Å². The number of esters is 1. The van der Waals surface area contributed by atoms with Gasteiger partial charge in [0.1, 0.15) is 30.7 Å². The summed E-state index contributed by atoms with van der Waals surface area (Å²) in [5.74, 6) is -2.24. The fourth-order valence-electron chi connectivity index (χ4n) is 6.85. The van der Waals surface area contributed by atoms with Gasteiger partial charge in [-0.2, -0.15) is 13.2 Å². The van der Waals surface area contributed by atoms with Gasteiger partial charge in [-0.3, -0.25) is 4.79 Å². The number of carbonyl (C=O) groups is 2. The maximum absolute atomic E-state index is 13.9. The topological polar surface area (TPSA) is 159 Å². The molecule has 1 aromatic heterocycles. The molecule has 3 aliphatic rings. The average Bonchev–Trinajstić information content (AvgIpc) is 3.74. The molecule has 2 heterocycles. The molecule has 1 aliphatic heterocycles. The van der Waals surface area contributed by atoms with Gasteiger partial charge in [0, 0.05) is 22.5 Å². The van der Waals surface area contributed by atoms with Crippen LogP contribution in [0.4, 0.5) is 13.2 Å². The highest BCUT2D eigenvalue weighted by atomic mass is 19.4. The van der Waals surface area contributed by atoms with Crippen molar-refractivity contribution in [2.24, 2.45) is 0 Å². The summed E-state index contributed by atoms with van der Waals surface area (Å²) in [5.41, 5.74) is 2.74. The van der Waals surface area contributed by atoms with Crippen molar-refractivity contribution in [3.63, 3.8) is 0 Å². The summed E-state index contributed by atoms with van der Waals surface area (Å²) >= 11 is 0. The number of aromatic nitrogens is 1. The smallest absolute Gasteiger partial charge is 0.416 e. The number of alkyl halides is 3. The number of carboxylic acids is 1. The number of aliphatic hydroxyl groups excluding tert-OH is 3. The molecule has 1 saturated heterocycles. The highest BCUT2D eigenvalue weighted by Gasteiger charge is 2.48. The molecule has 2 aromatic carbocycles. The number of carboxylic acid groups (broad SMARTS) is 1. The van der Waals surface area contributed by atoms with E-state index in [4.69, 9.17) is 14.2 Å². The zero-order valence-electron chi connectivity index (χ0n) is 24.1. The number of H-pyrrole nitrogens is 1. The molecule has 10 nitrogen and oxygen atoms in total. The van der Waals surface area contributed by atoms with Crippen LogP contribution >= 0.6 is 0 Å². The van der Waals surface area contributed by atoms with E-state index >= 15 is 0 Å². The number of aryl methyl sites for hydroxylation is 1. The fraction of sp³-hybridized carbons (Fsp3) is 0.500. The van der Waals surface area contributed by atoms with Gasteiger partial charge >= 0.3 is 18.1 Å². The van der Waals surface area contributed by atoms with E-state index in [-0.39, 0.29) is 24.9 Å². The van der Waals surface area contributed by atoms with E-state index in [2.05, 4.69) is 4.98 Å². The van der Waals surface area contributed by atoms with E-state index < -0.39 is 54.4 Å². The van der Waals surface area contributed by atoms with Gasteiger partial charge in [0.05, 0.1) is 12.0 Å². The van der Waals surface area contributed by atoms with Crippen LogP contribution in [0.2, 0.25) is 0 Å². The maximum atomic E-state index is 13.9. The van der Waals surface area contributed by atoms with Crippen LogP contribution in [0.1, 0.15) is 78.3 Å². The highest BCUT2D eigenvalue weighted by molar-refractivity contribution is 5.87. The number of fused-ring (bicyclic) bond motifs is 3. The largest absolute Gasteiger partial charge is 0.489 e. The number of aliphatic carboxylic acids is 1. The molecule has 6 rings (SSSR count). The minimum absolute atomic E-state index is 0.0375. The number of halogens is 3. The number of benzene rings is 2. The van der Waals surface area contributed by atoms with Gasteiger partial charge in [-0.1, -0.05) is 25.0 Å². The molecule has 6 atom stereocenters.